The fraction of sp³-hybridized carbons (Fsp3) is 0.842. The van der Waals surface area contributed by atoms with Crippen molar-refractivity contribution in [2.45, 2.75) is 89.8 Å². The zero-order chi connectivity index (χ0) is 18.1. The number of esters is 3. The SMILES string of the molecule is CCOC(=O)CC(C(=O)OC1CCCCC1)C(=O)OC1CCCCC1. The lowest BCUT2D eigenvalue weighted by atomic mass is 9.97. The fourth-order valence-electron chi connectivity index (χ4n) is 3.51. The van der Waals surface area contributed by atoms with Crippen molar-refractivity contribution in [2.75, 3.05) is 6.61 Å². The van der Waals surface area contributed by atoms with Gasteiger partial charge in [0.2, 0.25) is 0 Å². The summed E-state index contributed by atoms with van der Waals surface area (Å²) in [5, 5.41) is 0. The van der Waals surface area contributed by atoms with Crippen molar-refractivity contribution in [1.29, 1.82) is 0 Å². The largest absolute Gasteiger partial charge is 0.466 e. The Bertz CT molecular complexity index is 417. The van der Waals surface area contributed by atoms with Gasteiger partial charge in [-0.3, -0.25) is 14.4 Å². The third kappa shape index (κ3) is 6.67. The van der Waals surface area contributed by atoms with Gasteiger partial charge in [-0.05, 0) is 58.3 Å². The highest BCUT2D eigenvalue weighted by Crippen LogP contribution is 2.25. The molecule has 0 heterocycles. The topological polar surface area (TPSA) is 78.9 Å². The highest BCUT2D eigenvalue weighted by atomic mass is 16.6. The first kappa shape index (κ1) is 19.7. The number of rotatable bonds is 7. The van der Waals surface area contributed by atoms with E-state index < -0.39 is 23.8 Å². The maximum Gasteiger partial charge on any atom is 0.321 e. The molecular formula is C19H30O6. The monoisotopic (exact) mass is 354 g/mol. The maximum atomic E-state index is 12.5. The summed E-state index contributed by atoms with van der Waals surface area (Å²) in [6.45, 7) is 1.90. The van der Waals surface area contributed by atoms with E-state index in [-0.39, 0.29) is 25.2 Å². The predicted molar refractivity (Wildman–Crippen MR) is 90.7 cm³/mol. The highest BCUT2D eigenvalue weighted by molar-refractivity contribution is 5.98. The summed E-state index contributed by atoms with van der Waals surface area (Å²) in [6, 6.07) is 0. The molecule has 0 saturated heterocycles. The second-order valence-corrected chi connectivity index (χ2v) is 6.96. The number of ether oxygens (including phenoxy) is 3. The first-order valence-corrected chi connectivity index (χ1v) is 9.66. The average Bonchev–Trinajstić information content (AvgIpc) is 2.61. The van der Waals surface area contributed by atoms with E-state index in [1.54, 1.807) is 6.92 Å². The van der Waals surface area contributed by atoms with E-state index in [0.717, 1.165) is 64.2 Å². The molecule has 0 bridgehead atoms. The van der Waals surface area contributed by atoms with Crippen molar-refractivity contribution in [3.8, 4) is 0 Å². The van der Waals surface area contributed by atoms with Gasteiger partial charge in [-0.2, -0.15) is 0 Å². The van der Waals surface area contributed by atoms with Crippen LogP contribution >= 0.6 is 0 Å². The van der Waals surface area contributed by atoms with Gasteiger partial charge in [0, 0.05) is 0 Å². The summed E-state index contributed by atoms with van der Waals surface area (Å²) >= 11 is 0. The molecule has 0 spiro atoms. The second-order valence-electron chi connectivity index (χ2n) is 6.96. The third-order valence-electron chi connectivity index (χ3n) is 4.92. The Morgan fingerprint density at radius 1 is 0.800 bits per heavy atom. The van der Waals surface area contributed by atoms with Gasteiger partial charge < -0.3 is 14.2 Å². The van der Waals surface area contributed by atoms with E-state index in [1.165, 1.54) is 0 Å². The van der Waals surface area contributed by atoms with Crippen LogP contribution in [0, 0.1) is 5.92 Å². The van der Waals surface area contributed by atoms with Gasteiger partial charge in [0.25, 0.3) is 0 Å². The average molecular weight is 354 g/mol. The lowest BCUT2D eigenvalue weighted by Crippen LogP contribution is -2.36. The molecule has 2 aliphatic carbocycles. The molecule has 2 aliphatic rings. The Hall–Kier alpha value is -1.59. The Morgan fingerprint density at radius 2 is 1.24 bits per heavy atom. The quantitative estimate of drug-likeness (QED) is 0.396. The number of hydrogen-bond acceptors (Lipinski definition) is 6. The van der Waals surface area contributed by atoms with Crippen LogP contribution in [0.1, 0.15) is 77.6 Å². The molecule has 2 fully saturated rings. The molecule has 6 nitrogen and oxygen atoms in total. The van der Waals surface area contributed by atoms with Gasteiger partial charge in [0.15, 0.2) is 5.92 Å². The van der Waals surface area contributed by atoms with E-state index in [4.69, 9.17) is 14.2 Å². The summed E-state index contributed by atoms with van der Waals surface area (Å²) in [7, 11) is 0. The van der Waals surface area contributed by atoms with E-state index in [9.17, 15) is 14.4 Å². The van der Waals surface area contributed by atoms with Crippen LogP contribution in [0.4, 0.5) is 0 Å². The lowest BCUT2D eigenvalue weighted by Gasteiger charge is -2.26. The molecule has 0 radical (unpaired) electrons. The minimum atomic E-state index is -1.22. The Balaban J connectivity index is 1.95. The number of hydrogen-bond donors (Lipinski definition) is 0. The van der Waals surface area contributed by atoms with Crippen molar-refractivity contribution >= 4 is 17.9 Å². The maximum absolute atomic E-state index is 12.5. The van der Waals surface area contributed by atoms with Gasteiger partial charge in [0.1, 0.15) is 12.2 Å². The minimum absolute atomic E-state index is 0.159. The van der Waals surface area contributed by atoms with Crippen molar-refractivity contribution < 1.29 is 28.6 Å². The van der Waals surface area contributed by atoms with Gasteiger partial charge >= 0.3 is 17.9 Å². The lowest BCUT2D eigenvalue weighted by molar-refractivity contribution is -0.173. The predicted octanol–water partition coefficient (Wildman–Crippen LogP) is 3.31. The molecule has 0 N–H and O–H groups in total. The van der Waals surface area contributed by atoms with E-state index in [2.05, 4.69) is 0 Å². The molecule has 0 atom stereocenters. The van der Waals surface area contributed by atoms with Crippen molar-refractivity contribution in [3.05, 3.63) is 0 Å². The Kier molecular flexibility index (Phi) is 8.22. The van der Waals surface area contributed by atoms with Crippen LogP contribution in [0.5, 0.6) is 0 Å². The molecule has 0 aromatic heterocycles. The van der Waals surface area contributed by atoms with E-state index in [1.807, 2.05) is 0 Å². The summed E-state index contributed by atoms with van der Waals surface area (Å²) in [5.41, 5.74) is 0. The summed E-state index contributed by atoms with van der Waals surface area (Å²) in [6.07, 6.45) is 9.00. The summed E-state index contributed by atoms with van der Waals surface area (Å²) < 4.78 is 15.9. The van der Waals surface area contributed by atoms with Crippen LogP contribution in [-0.2, 0) is 28.6 Å². The van der Waals surface area contributed by atoms with Crippen LogP contribution in [-0.4, -0.2) is 36.7 Å². The molecule has 25 heavy (non-hydrogen) atoms. The Morgan fingerprint density at radius 3 is 1.64 bits per heavy atom. The number of carbonyl (C=O) groups is 3. The van der Waals surface area contributed by atoms with Crippen molar-refractivity contribution in [2.24, 2.45) is 5.92 Å². The van der Waals surface area contributed by atoms with Crippen LogP contribution in [0.15, 0.2) is 0 Å². The van der Waals surface area contributed by atoms with E-state index in [0.29, 0.717) is 0 Å². The number of carbonyl (C=O) groups excluding carboxylic acids is 3. The van der Waals surface area contributed by atoms with Crippen LogP contribution in [0.25, 0.3) is 0 Å². The van der Waals surface area contributed by atoms with Gasteiger partial charge in [-0.1, -0.05) is 12.8 Å². The van der Waals surface area contributed by atoms with Crippen molar-refractivity contribution in [3.63, 3.8) is 0 Å². The van der Waals surface area contributed by atoms with Crippen LogP contribution in [0.3, 0.4) is 0 Å². The minimum Gasteiger partial charge on any atom is -0.466 e. The smallest absolute Gasteiger partial charge is 0.321 e. The van der Waals surface area contributed by atoms with Crippen LogP contribution < -0.4 is 0 Å². The fourth-order valence-corrected chi connectivity index (χ4v) is 3.51. The standard InChI is InChI=1S/C19H30O6/c1-2-23-17(20)13-16(18(21)24-14-9-5-3-6-10-14)19(22)25-15-11-7-4-8-12-15/h14-16H,2-13H2,1H3. The molecule has 0 aromatic carbocycles. The molecule has 0 aromatic rings. The normalized spacial score (nSPS) is 19.4. The second kappa shape index (κ2) is 10.4. The van der Waals surface area contributed by atoms with Crippen LogP contribution in [0.2, 0.25) is 0 Å². The molecule has 0 unspecified atom stereocenters. The van der Waals surface area contributed by atoms with Crippen molar-refractivity contribution in [1.82, 2.24) is 0 Å². The molecule has 0 aliphatic heterocycles. The summed E-state index contributed by atoms with van der Waals surface area (Å²) in [5.74, 6) is -3.10. The van der Waals surface area contributed by atoms with Gasteiger partial charge in [0.05, 0.1) is 13.0 Å². The van der Waals surface area contributed by atoms with E-state index >= 15 is 0 Å². The molecule has 6 heteroatoms. The third-order valence-corrected chi connectivity index (χ3v) is 4.92. The zero-order valence-corrected chi connectivity index (χ0v) is 15.2. The summed E-state index contributed by atoms with van der Waals surface area (Å²) in [4.78, 5) is 36.8. The first-order chi connectivity index (χ1) is 12.1. The van der Waals surface area contributed by atoms with Gasteiger partial charge in [-0.25, -0.2) is 0 Å². The van der Waals surface area contributed by atoms with Gasteiger partial charge in [-0.15, -0.1) is 0 Å². The highest BCUT2D eigenvalue weighted by Gasteiger charge is 2.36. The zero-order valence-electron chi connectivity index (χ0n) is 15.2. The molecule has 0 amide bonds. The molecule has 2 saturated carbocycles. The molecule has 2 rings (SSSR count). The first-order valence-electron chi connectivity index (χ1n) is 9.66. The molecule has 142 valence electrons. The Labute approximate surface area is 149 Å². The molecular weight excluding hydrogens is 324 g/mol.